The maximum atomic E-state index is 13.4. The third kappa shape index (κ3) is 28.7. The summed E-state index contributed by atoms with van der Waals surface area (Å²) in [6.45, 7) is 2.85. The van der Waals surface area contributed by atoms with Gasteiger partial charge in [0.05, 0.1) is 38.6 Å². The summed E-state index contributed by atoms with van der Waals surface area (Å²) in [6, 6.07) is -2.40. The molecule has 0 radical (unpaired) electrons. The molecular weight excluding hydrogens is 1060 g/mol. The van der Waals surface area contributed by atoms with Crippen LogP contribution >= 0.6 is 0 Å². The normalized spacial score (nSPS) is 29.5. The number of aliphatic hydroxyl groups excluding tert-OH is 10. The van der Waals surface area contributed by atoms with E-state index in [0.717, 1.165) is 51.9 Å². The van der Waals surface area contributed by atoms with Crippen LogP contribution in [0.5, 0.6) is 0 Å². The van der Waals surface area contributed by atoms with Crippen molar-refractivity contribution in [2.75, 3.05) is 26.4 Å². The number of amides is 2. The van der Waals surface area contributed by atoms with E-state index < -0.39 is 130 Å². The first-order chi connectivity index (χ1) is 39.7. The van der Waals surface area contributed by atoms with Gasteiger partial charge in [-0.25, -0.2) is 0 Å². The van der Waals surface area contributed by atoms with Gasteiger partial charge in [-0.2, -0.15) is 0 Å². The lowest BCUT2D eigenvalue weighted by Crippen LogP contribution is -2.68. The second kappa shape index (κ2) is 45.3. The van der Waals surface area contributed by atoms with Gasteiger partial charge in [0.25, 0.3) is 0 Å². The van der Waals surface area contributed by atoms with Crippen LogP contribution in [0.25, 0.3) is 0 Å². The van der Waals surface area contributed by atoms with Crippen molar-refractivity contribution in [2.24, 2.45) is 0 Å². The van der Waals surface area contributed by atoms with E-state index in [2.05, 4.69) is 24.5 Å². The molecule has 0 bridgehead atoms. The zero-order valence-corrected chi connectivity index (χ0v) is 50.6. The summed E-state index contributed by atoms with van der Waals surface area (Å²) >= 11 is 0. The molecule has 3 saturated heterocycles. The minimum atomic E-state index is -1.99. The Morgan fingerprint density at radius 2 is 0.854 bits per heavy atom. The highest BCUT2D eigenvalue weighted by atomic mass is 16.8. The molecule has 20 nitrogen and oxygen atoms in total. The van der Waals surface area contributed by atoms with E-state index in [4.69, 9.17) is 28.4 Å². The van der Waals surface area contributed by atoms with Crippen molar-refractivity contribution in [2.45, 2.75) is 343 Å². The van der Waals surface area contributed by atoms with Gasteiger partial charge in [0, 0.05) is 13.3 Å². The van der Waals surface area contributed by atoms with E-state index in [0.29, 0.717) is 6.42 Å². The maximum absolute atomic E-state index is 13.4. The molecule has 0 saturated carbocycles. The largest absolute Gasteiger partial charge is 0.394 e. The zero-order chi connectivity index (χ0) is 59.9. The number of nitrogens with one attached hydrogen (secondary N) is 2. The van der Waals surface area contributed by atoms with Crippen molar-refractivity contribution < 1.29 is 89.1 Å². The minimum absolute atomic E-state index is 0.245. The van der Waals surface area contributed by atoms with Crippen LogP contribution in [-0.4, -0.2) is 194 Å². The highest BCUT2D eigenvalue weighted by molar-refractivity contribution is 5.76. The van der Waals surface area contributed by atoms with Gasteiger partial charge in [0.15, 0.2) is 18.9 Å². The van der Waals surface area contributed by atoms with E-state index >= 15 is 0 Å². The van der Waals surface area contributed by atoms with Crippen molar-refractivity contribution in [3.63, 3.8) is 0 Å². The first-order valence-electron chi connectivity index (χ1n) is 32.4. The molecule has 12 N–H and O–H groups in total. The number of aliphatic hydroxyl groups is 10. The number of rotatable bonds is 48. The van der Waals surface area contributed by atoms with Crippen molar-refractivity contribution in [3.05, 3.63) is 12.2 Å². The summed E-state index contributed by atoms with van der Waals surface area (Å²) in [5.74, 6) is -0.921. The Hall–Kier alpha value is -1.96. The molecule has 20 heteroatoms. The average molecular weight is 1180 g/mol. The van der Waals surface area contributed by atoms with E-state index in [1.807, 2.05) is 6.08 Å². The molecule has 0 aromatic rings. The van der Waals surface area contributed by atoms with Gasteiger partial charge in [0.2, 0.25) is 11.8 Å². The van der Waals surface area contributed by atoms with Gasteiger partial charge < -0.3 is 90.1 Å². The standard InChI is InChI=1S/C62H116N2O18/c1-4-6-8-10-12-14-16-18-19-20-21-22-23-24-25-27-29-31-33-35-37-39-50(70)64-45(46(69)38-36-34-32-30-28-26-17-15-13-11-9-7-5-2)43-77-61-56(75)54(73)59(48(41-66)79-61)82-62-57(76)55(74)58(49(42-67)80-62)81-60-51(63-44(3)68)53(72)52(71)47(40-65)78-60/h36,38,45-49,51-62,65-67,69,71-76H,4-35,37,39-43H2,1-3H3,(H,63,68)(H,64,70). The summed E-state index contributed by atoms with van der Waals surface area (Å²) in [5.41, 5.74) is 0. The molecule has 3 fully saturated rings. The molecule has 3 aliphatic rings. The lowest BCUT2D eigenvalue weighted by atomic mass is 9.95. The number of unbranched alkanes of at least 4 members (excludes halogenated alkanes) is 31. The van der Waals surface area contributed by atoms with Gasteiger partial charge in [-0.15, -0.1) is 0 Å². The van der Waals surface area contributed by atoms with E-state index in [1.54, 1.807) is 6.08 Å². The van der Waals surface area contributed by atoms with Crippen LogP contribution < -0.4 is 10.6 Å². The van der Waals surface area contributed by atoms with Crippen LogP contribution in [0.3, 0.4) is 0 Å². The third-order valence-electron chi connectivity index (χ3n) is 16.5. The predicted octanol–water partition coefficient (Wildman–Crippen LogP) is 6.30. The van der Waals surface area contributed by atoms with Crippen LogP contribution in [0.4, 0.5) is 0 Å². The molecule has 3 heterocycles. The van der Waals surface area contributed by atoms with Gasteiger partial charge in [-0.05, 0) is 19.3 Å². The van der Waals surface area contributed by atoms with Crippen LogP contribution in [0.15, 0.2) is 12.2 Å². The van der Waals surface area contributed by atoms with Crippen LogP contribution in [0.1, 0.15) is 239 Å². The summed E-state index contributed by atoms with van der Waals surface area (Å²) in [5, 5.41) is 114. The predicted molar refractivity (Wildman–Crippen MR) is 312 cm³/mol. The number of carbonyl (C=O) groups excluding carboxylic acids is 2. The Morgan fingerprint density at radius 1 is 0.476 bits per heavy atom. The molecule has 3 rings (SSSR count). The first-order valence-corrected chi connectivity index (χ1v) is 32.4. The fraction of sp³-hybridized carbons (Fsp3) is 0.935. The molecule has 17 unspecified atom stereocenters. The molecule has 0 aromatic heterocycles. The molecule has 3 aliphatic heterocycles. The van der Waals surface area contributed by atoms with Crippen molar-refractivity contribution >= 4 is 11.8 Å². The summed E-state index contributed by atoms with van der Waals surface area (Å²) < 4.78 is 34.9. The Bertz CT molecular complexity index is 1620. The van der Waals surface area contributed by atoms with Crippen LogP contribution in [0.2, 0.25) is 0 Å². The Kier molecular flexibility index (Phi) is 41.1. The molecule has 82 heavy (non-hydrogen) atoms. The van der Waals surface area contributed by atoms with Crippen molar-refractivity contribution in [3.8, 4) is 0 Å². The Morgan fingerprint density at radius 3 is 1.28 bits per heavy atom. The lowest BCUT2D eigenvalue weighted by molar-refractivity contribution is -0.374. The van der Waals surface area contributed by atoms with Gasteiger partial charge in [-0.3, -0.25) is 9.59 Å². The monoisotopic (exact) mass is 1180 g/mol. The molecule has 0 aliphatic carbocycles. The van der Waals surface area contributed by atoms with Gasteiger partial charge >= 0.3 is 0 Å². The number of allylic oxidation sites excluding steroid dienone is 1. The molecule has 17 atom stereocenters. The van der Waals surface area contributed by atoms with Crippen molar-refractivity contribution in [1.29, 1.82) is 0 Å². The molecule has 482 valence electrons. The Balaban J connectivity index is 1.50. The van der Waals surface area contributed by atoms with Crippen LogP contribution in [0, 0.1) is 0 Å². The zero-order valence-electron chi connectivity index (χ0n) is 50.6. The summed E-state index contributed by atoms with van der Waals surface area (Å²) in [4.78, 5) is 25.3. The summed E-state index contributed by atoms with van der Waals surface area (Å²) in [6.07, 6.45) is 19.6. The second-order valence-electron chi connectivity index (χ2n) is 23.6. The smallest absolute Gasteiger partial charge is 0.220 e. The number of hydrogen-bond donors (Lipinski definition) is 12. The van der Waals surface area contributed by atoms with Gasteiger partial charge in [-0.1, -0.05) is 219 Å². The first kappa shape index (κ1) is 74.3. The quantitative estimate of drug-likeness (QED) is 0.0235. The third-order valence-corrected chi connectivity index (χ3v) is 16.5. The fourth-order valence-corrected chi connectivity index (χ4v) is 11.3. The molecule has 2 amide bonds. The number of hydrogen-bond acceptors (Lipinski definition) is 18. The topological polar surface area (TPSA) is 316 Å². The summed E-state index contributed by atoms with van der Waals surface area (Å²) in [7, 11) is 0. The number of ether oxygens (including phenoxy) is 6. The minimum Gasteiger partial charge on any atom is -0.394 e. The molecule has 0 aromatic carbocycles. The average Bonchev–Trinajstić information content (AvgIpc) is 3.52. The highest BCUT2D eigenvalue weighted by Crippen LogP contribution is 2.33. The molecule has 0 spiro atoms. The van der Waals surface area contributed by atoms with E-state index in [9.17, 15) is 60.7 Å². The number of carbonyl (C=O) groups is 2. The highest BCUT2D eigenvalue weighted by Gasteiger charge is 2.54. The lowest BCUT2D eigenvalue weighted by Gasteiger charge is -2.48. The van der Waals surface area contributed by atoms with Crippen LogP contribution in [-0.2, 0) is 38.0 Å². The van der Waals surface area contributed by atoms with E-state index in [1.165, 1.54) is 161 Å². The SMILES string of the molecule is CCCCCCCCCCCCCC=CC(O)C(COC1OC(CO)C(OC2OC(CO)C(OC3OC(CO)C(O)C(O)C3NC(C)=O)C(O)C2O)C(O)C1O)NC(=O)CCCCCCCCCCCCCCCCCCCCCCC. The van der Waals surface area contributed by atoms with E-state index in [-0.39, 0.29) is 18.9 Å². The van der Waals surface area contributed by atoms with Crippen molar-refractivity contribution in [1.82, 2.24) is 10.6 Å². The van der Waals surface area contributed by atoms with Gasteiger partial charge in [0.1, 0.15) is 73.2 Å². The maximum Gasteiger partial charge on any atom is 0.220 e. The second-order valence-corrected chi connectivity index (χ2v) is 23.6. The Labute approximate surface area is 491 Å². The fourth-order valence-electron chi connectivity index (χ4n) is 11.3. The molecular formula is C62H116N2O18.